The summed E-state index contributed by atoms with van der Waals surface area (Å²) in [4.78, 5) is 18.0. The van der Waals surface area contributed by atoms with E-state index in [1.54, 1.807) is 6.07 Å². The van der Waals surface area contributed by atoms with Gasteiger partial charge >= 0.3 is 0 Å². The van der Waals surface area contributed by atoms with E-state index in [0.717, 1.165) is 28.2 Å². The van der Waals surface area contributed by atoms with E-state index in [9.17, 15) is 9.18 Å². The summed E-state index contributed by atoms with van der Waals surface area (Å²) >= 11 is 1.52. The summed E-state index contributed by atoms with van der Waals surface area (Å²) in [7, 11) is 0. The molecule has 1 N–H and O–H groups in total. The molecule has 1 fully saturated rings. The molecule has 0 aliphatic heterocycles. The molecule has 0 bridgehead atoms. The zero-order chi connectivity index (χ0) is 17.2. The molecule has 0 unspecified atom stereocenters. The van der Waals surface area contributed by atoms with Crippen LogP contribution < -0.4 is 5.32 Å². The van der Waals surface area contributed by atoms with Crippen LogP contribution in [0.3, 0.4) is 0 Å². The van der Waals surface area contributed by atoms with Crippen LogP contribution in [0.25, 0.3) is 10.7 Å². The largest absolute Gasteiger partial charge is 0.351 e. The third-order valence-corrected chi connectivity index (χ3v) is 5.06. The van der Waals surface area contributed by atoms with Gasteiger partial charge in [0, 0.05) is 10.8 Å². The van der Waals surface area contributed by atoms with Gasteiger partial charge in [-0.15, -0.1) is 11.3 Å². The Morgan fingerprint density at radius 2 is 2.20 bits per heavy atom. The summed E-state index contributed by atoms with van der Waals surface area (Å²) in [6.07, 6.45) is 2.39. The van der Waals surface area contributed by atoms with E-state index in [-0.39, 0.29) is 17.6 Å². The first kappa shape index (κ1) is 16.0. The lowest BCUT2D eigenvalue weighted by atomic mass is 10.1. The van der Waals surface area contributed by atoms with Gasteiger partial charge < -0.3 is 9.84 Å². The van der Waals surface area contributed by atoms with Crippen LogP contribution in [0.15, 0.2) is 40.9 Å². The van der Waals surface area contributed by atoms with Crippen LogP contribution >= 0.6 is 11.3 Å². The van der Waals surface area contributed by atoms with Gasteiger partial charge in [-0.25, -0.2) is 4.39 Å². The van der Waals surface area contributed by atoms with Crippen molar-refractivity contribution in [2.75, 3.05) is 0 Å². The number of amides is 1. The Labute approximate surface area is 147 Å². The number of thiophene rings is 1. The van der Waals surface area contributed by atoms with Crippen molar-refractivity contribution in [3.63, 3.8) is 0 Å². The highest BCUT2D eigenvalue weighted by atomic mass is 32.1. The number of hydrogen-bond donors (Lipinski definition) is 1. The lowest BCUT2D eigenvalue weighted by Gasteiger charge is -2.00. The van der Waals surface area contributed by atoms with E-state index in [1.165, 1.54) is 23.5 Å². The SMILES string of the molecule is O=C(NCc1ccc(-c2noc(Cc3cccc(F)c3)n2)s1)C1CC1. The number of nitrogens with zero attached hydrogens (tertiary/aromatic N) is 2. The smallest absolute Gasteiger partial charge is 0.231 e. The maximum Gasteiger partial charge on any atom is 0.231 e. The minimum absolute atomic E-state index is 0.131. The predicted molar refractivity (Wildman–Crippen MR) is 91.4 cm³/mol. The van der Waals surface area contributed by atoms with Gasteiger partial charge in [-0.05, 0) is 42.7 Å². The first-order valence-corrected chi connectivity index (χ1v) is 8.93. The van der Waals surface area contributed by atoms with Crippen molar-refractivity contribution < 1.29 is 13.7 Å². The molecule has 1 saturated carbocycles. The van der Waals surface area contributed by atoms with Crippen molar-refractivity contribution in [3.05, 3.63) is 58.5 Å². The molecule has 128 valence electrons. The van der Waals surface area contributed by atoms with Crippen molar-refractivity contribution in [3.8, 4) is 10.7 Å². The van der Waals surface area contributed by atoms with E-state index in [4.69, 9.17) is 4.52 Å². The minimum Gasteiger partial charge on any atom is -0.351 e. The van der Waals surface area contributed by atoms with E-state index >= 15 is 0 Å². The Hall–Kier alpha value is -2.54. The van der Waals surface area contributed by atoms with Crippen LogP contribution in [0.1, 0.15) is 29.2 Å². The summed E-state index contributed by atoms with van der Waals surface area (Å²) < 4.78 is 18.5. The Morgan fingerprint density at radius 3 is 3.00 bits per heavy atom. The quantitative estimate of drug-likeness (QED) is 0.732. The average Bonchev–Trinajstić information content (AvgIpc) is 3.17. The van der Waals surface area contributed by atoms with E-state index in [0.29, 0.717) is 24.7 Å². The molecule has 7 heteroatoms. The molecule has 25 heavy (non-hydrogen) atoms. The molecule has 0 spiro atoms. The standard InChI is InChI=1S/C18H16FN3O2S/c19-13-3-1-2-11(8-13)9-16-21-17(22-24-16)15-7-6-14(25-15)10-20-18(23)12-4-5-12/h1-3,6-8,12H,4-5,9-10H2,(H,20,23). The lowest BCUT2D eigenvalue weighted by Crippen LogP contribution is -2.23. The second-order valence-electron chi connectivity index (χ2n) is 6.08. The van der Waals surface area contributed by atoms with Gasteiger partial charge in [0.2, 0.25) is 17.6 Å². The Bertz CT molecular complexity index is 901. The van der Waals surface area contributed by atoms with Gasteiger partial charge in [0.15, 0.2) is 0 Å². The topological polar surface area (TPSA) is 68.0 Å². The molecule has 1 amide bonds. The molecule has 0 saturated heterocycles. The number of aromatic nitrogens is 2. The summed E-state index contributed by atoms with van der Waals surface area (Å²) in [6, 6.07) is 10.2. The van der Waals surface area contributed by atoms with Crippen molar-refractivity contribution in [2.24, 2.45) is 5.92 Å². The molecular weight excluding hydrogens is 341 g/mol. The van der Waals surface area contributed by atoms with Crippen molar-refractivity contribution >= 4 is 17.2 Å². The highest BCUT2D eigenvalue weighted by Gasteiger charge is 2.29. The second kappa shape index (κ2) is 6.76. The van der Waals surface area contributed by atoms with Gasteiger partial charge in [0.25, 0.3) is 0 Å². The Balaban J connectivity index is 1.40. The predicted octanol–water partition coefficient (Wildman–Crippen LogP) is 3.55. The average molecular weight is 357 g/mol. The van der Waals surface area contributed by atoms with Gasteiger partial charge in [-0.2, -0.15) is 4.98 Å². The minimum atomic E-state index is -0.284. The van der Waals surface area contributed by atoms with Crippen molar-refractivity contribution in [1.82, 2.24) is 15.5 Å². The number of halogens is 1. The maximum atomic E-state index is 13.2. The Morgan fingerprint density at radius 1 is 1.32 bits per heavy atom. The zero-order valence-corrected chi connectivity index (χ0v) is 14.2. The van der Waals surface area contributed by atoms with Crippen LogP contribution in [0.2, 0.25) is 0 Å². The van der Waals surface area contributed by atoms with Crippen LogP contribution in [-0.4, -0.2) is 16.0 Å². The monoisotopic (exact) mass is 357 g/mol. The number of hydrogen-bond acceptors (Lipinski definition) is 5. The van der Waals surface area contributed by atoms with Gasteiger partial charge in [0.1, 0.15) is 5.82 Å². The summed E-state index contributed by atoms with van der Waals surface area (Å²) in [5, 5.41) is 6.94. The highest BCUT2D eigenvalue weighted by Crippen LogP contribution is 2.30. The normalized spacial score (nSPS) is 13.8. The van der Waals surface area contributed by atoms with Crippen LogP contribution in [0.4, 0.5) is 4.39 Å². The molecule has 1 aliphatic carbocycles. The lowest BCUT2D eigenvalue weighted by molar-refractivity contribution is -0.122. The summed E-state index contributed by atoms with van der Waals surface area (Å²) in [5.74, 6) is 1.01. The summed E-state index contributed by atoms with van der Waals surface area (Å²) in [6.45, 7) is 0.522. The van der Waals surface area contributed by atoms with E-state index < -0.39 is 0 Å². The van der Waals surface area contributed by atoms with Gasteiger partial charge in [-0.3, -0.25) is 4.79 Å². The third-order valence-electron chi connectivity index (χ3n) is 3.98. The fraction of sp³-hybridized carbons (Fsp3) is 0.278. The maximum absolute atomic E-state index is 13.2. The fourth-order valence-corrected chi connectivity index (χ4v) is 3.38. The van der Waals surface area contributed by atoms with Crippen molar-refractivity contribution in [2.45, 2.75) is 25.8 Å². The highest BCUT2D eigenvalue weighted by molar-refractivity contribution is 7.15. The van der Waals surface area contributed by atoms with Crippen LogP contribution in [-0.2, 0) is 17.8 Å². The van der Waals surface area contributed by atoms with Gasteiger partial charge in [0.05, 0.1) is 17.8 Å². The van der Waals surface area contributed by atoms with Gasteiger partial charge in [-0.1, -0.05) is 17.3 Å². The Kier molecular flexibility index (Phi) is 4.31. The van der Waals surface area contributed by atoms with Crippen LogP contribution in [0.5, 0.6) is 0 Å². The molecule has 2 heterocycles. The van der Waals surface area contributed by atoms with E-state index in [2.05, 4.69) is 15.5 Å². The molecule has 0 atom stereocenters. The third kappa shape index (κ3) is 3.93. The molecule has 4 rings (SSSR count). The first-order chi connectivity index (χ1) is 12.2. The van der Waals surface area contributed by atoms with Crippen LogP contribution in [0, 0.1) is 11.7 Å². The fourth-order valence-electron chi connectivity index (χ4n) is 2.51. The number of rotatable bonds is 6. The molecular formula is C18H16FN3O2S. The molecule has 1 aromatic carbocycles. The molecule has 3 aromatic rings. The molecule has 0 radical (unpaired) electrons. The number of carbonyl (C=O) groups is 1. The second-order valence-corrected chi connectivity index (χ2v) is 7.24. The number of nitrogens with one attached hydrogen (secondary N) is 1. The molecule has 5 nitrogen and oxygen atoms in total. The van der Waals surface area contributed by atoms with Crippen molar-refractivity contribution in [1.29, 1.82) is 0 Å². The number of benzene rings is 1. The summed E-state index contributed by atoms with van der Waals surface area (Å²) in [5.41, 5.74) is 0.782. The molecule has 2 aromatic heterocycles. The molecule has 1 aliphatic rings. The first-order valence-electron chi connectivity index (χ1n) is 8.11. The number of carbonyl (C=O) groups excluding carboxylic acids is 1. The van der Waals surface area contributed by atoms with E-state index in [1.807, 2.05) is 18.2 Å². The zero-order valence-electron chi connectivity index (χ0n) is 13.4.